The van der Waals surface area contributed by atoms with Crippen LogP contribution in [0, 0.1) is 5.82 Å². The van der Waals surface area contributed by atoms with E-state index in [0.717, 1.165) is 18.3 Å². The van der Waals surface area contributed by atoms with Gasteiger partial charge in [-0.1, -0.05) is 16.8 Å². The van der Waals surface area contributed by atoms with Gasteiger partial charge in [-0.05, 0) is 19.1 Å². The van der Waals surface area contributed by atoms with E-state index in [1.54, 1.807) is 6.92 Å². The van der Waals surface area contributed by atoms with Crippen LogP contribution in [0.25, 0.3) is 5.69 Å². The lowest BCUT2D eigenvalue weighted by atomic mass is 10.2. The Morgan fingerprint density at radius 2 is 2.00 bits per heavy atom. The smallest absolute Gasteiger partial charge is 0.354 e. The molecule has 9 nitrogen and oxygen atoms in total. The number of hydrogen-bond acceptors (Lipinski definition) is 7. The fraction of sp³-hybridized carbons (Fsp3) is 0.294. The zero-order chi connectivity index (χ0) is 22.6. The van der Waals surface area contributed by atoms with Gasteiger partial charge in [0.15, 0.2) is 0 Å². The summed E-state index contributed by atoms with van der Waals surface area (Å²) in [6.45, 7) is 1.70. The molecule has 0 bridgehead atoms. The molecular weight excluding hydrogens is 433 g/mol. The van der Waals surface area contributed by atoms with Crippen LogP contribution >= 0.6 is 11.6 Å². The SMILES string of the molecule is CCOC(=O)CO/N=C/c1cc(-n2c(=O)cc(C(C)(F)F)n(N)c2=O)c(F)cc1Cl. The van der Waals surface area contributed by atoms with Gasteiger partial charge >= 0.3 is 11.7 Å². The van der Waals surface area contributed by atoms with Crippen LogP contribution < -0.4 is 17.1 Å². The molecular formula is C17H16ClF3N4O5. The van der Waals surface area contributed by atoms with Crippen molar-refractivity contribution >= 4 is 23.8 Å². The number of carbonyl (C=O) groups excluding carboxylic acids is 1. The third-order valence-corrected chi connectivity index (χ3v) is 3.98. The summed E-state index contributed by atoms with van der Waals surface area (Å²) in [7, 11) is 0. The third kappa shape index (κ3) is 5.00. The topological polar surface area (TPSA) is 118 Å². The highest BCUT2D eigenvalue weighted by Gasteiger charge is 2.30. The summed E-state index contributed by atoms with van der Waals surface area (Å²) in [6, 6.07) is 2.16. The van der Waals surface area contributed by atoms with Gasteiger partial charge in [-0.2, -0.15) is 8.78 Å². The van der Waals surface area contributed by atoms with Crippen molar-refractivity contribution < 1.29 is 27.5 Å². The molecule has 0 fully saturated rings. The molecule has 1 aromatic carbocycles. The summed E-state index contributed by atoms with van der Waals surface area (Å²) < 4.78 is 46.4. The minimum atomic E-state index is -3.58. The molecule has 13 heteroatoms. The van der Waals surface area contributed by atoms with E-state index in [2.05, 4.69) is 9.89 Å². The fourth-order valence-electron chi connectivity index (χ4n) is 2.33. The molecule has 0 spiro atoms. The number of ether oxygens (including phenoxy) is 1. The molecule has 1 heterocycles. The second kappa shape index (κ2) is 9.03. The van der Waals surface area contributed by atoms with E-state index in [1.165, 1.54) is 0 Å². The maximum absolute atomic E-state index is 14.4. The molecule has 0 amide bonds. The van der Waals surface area contributed by atoms with Crippen LogP contribution in [0.1, 0.15) is 25.1 Å². The predicted octanol–water partition coefficient (Wildman–Crippen LogP) is 1.53. The number of nitrogens with two attached hydrogens (primary N) is 1. The van der Waals surface area contributed by atoms with E-state index < -0.39 is 46.9 Å². The third-order valence-electron chi connectivity index (χ3n) is 3.65. The summed E-state index contributed by atoms with van der Waals surface area (Å²) >= 11 is 5.90. The van der Waals surface area contributed by atoms with Crippen molar-refractivity contribution in [1.82, 2.24) is 9.24 Å². The lowest BCUT2D eigenvalue weighted by Gasteiger charge is -2.16. The van der Waals surface area contributed by atoms with E-state index in [0.29, 0.717) is 13.0 Å². The zero-order valence-corrected chi connectivity index (χ0v) is 16.5. The van der Waals surface area contributed by atoms with Crippen molar-refractivity contribution in [3.8, 4) is 5.69 Å². The van der Waals surface area contributed by atoms with Gasteiger partial charge < -0.3 is 15.4 Å². The average molecular weight is 449 g/mol. The first-order chi connectivity index (χ1) is 14.0. The van der Waals surface area contributed by atoms with Crippen molar-refractivity contribution in [2.75, 3.05) is 19.1 Å². The number of benzene rings is 1. The highest BCUT2D eigenvalue weighted by molar-refractivity contribution is 6.33. The molecule has 2 rings (SSSR count). The molecule has 0 radical (unpaired) electrons. The van der Waals surface area contributed by atoms with E-state index in [-0.39, 0.29) is 26.4 Å². The Morgan fingerprint density at radius 3 is 2.60 bits per heavy atom. The number of rotatable bonds is 7. The molecule has 162 valence electrons. The number of hydrogen-bond donors (Lipinski definition) is 1. The normalized spacial score (nSPS) is 11.7. The largest absolute Gasteiger partial charge is 0.463 e. The summed E-state index contributed by atoms with van der Waals surface area (Å²) in [5.41, 5.74) is -4.29. The molecule has 0 aliphatic carbocycles. The van der Waals surface area contributed by atoms with Crippen LogP contribution in [0.5, 0.6) is 0 Å². The van der Waals surface area contributed by atoms with Crippen molar-refractivity contribution in [2.24, 2.45) is 5.16 Å². The van der Waals surface area contributed by atoms with Crippen molar-refractivity contribution in [2.45, 2.75) is 19.8 Å². The van der Waals surface area contributed by atoms with Gasteiger partial charge in [0.1, 0.15) is 11.5 Å². The number of nitrogens with zero attached hydrogens (tertiary/aromatic N) is 3. The fourth-order valence-corrected chi connectivity index (χ4v) is 2.53. The average Bonchev–Trinajstić information content (AvgIpc) is 2.64. The first kappa shape index (κ1) is 23.0. The summed E-state index contributed by atoms with van der Waals surface area (Å²) in [4.78, 5) is 40.5. The molecule has 0 saturated carbocycles. The number of oxime groups is 1. The quantitative estimate of drug-likeness (QED) is 0.297. The summed E-state index contributed by atoms with van der Waals surface area (Å²) in [6.07, 6.45) is 0.991. The van der Waals surface area contributed by atoms with Crippen LogP contribution in [-0.4, -0.2) is 34.6 Å². The van der Waals surface area contributed by atoms with Crippen LogP contribution in [0.2, 0.25) is 5.02 Å². The molecule has 1 aromatic heterocycles. The van der Waals surface area contributed by atoms with E-state index in [4.69, 9.17) is 22.3 Å². The van der Waals surface area contributed by atoms with Crippen LogP contribution in [0.15, 0.2) is 32.9 Å². The molecule has 2 aromatic rings. The monoisotopic (exact) mass is 448 g/mol. The molecule has 0 aliphatic heterocycles. The first-order valence-electron chi connectivity index (χ1n) is 8.30. The Balaban J connectivity index is 2.48. The number of nitrogen functional groups attached to an aromatic ring is 1. The van der Waals surface area contributed by atoms with Gasteiger partial charge in [-0.3, -0.25) is 4.79 Å². The molecule has 30 heavy (non-hydrogen) atoms. The minimum absolute atomic E-state index is 0.00306. The van der Waals surface area contributed by atoms with E-state index in [1.807, 2.05) is 0 Å². The number of halogens is 4. The minimum Gasteiger partial charge on any atom is -0.463 e. The van der Waals surface area contributed by atoms with Crippen molar-refractivity contribution in [3.63, 3.8) is 0 Å². The highest BCUT2D eigenvalue weighted by Crippen LogP contribution is 2.25. The number of alkyl halides is 2. The van der Waals surface area contributed by atoms with Crippen LogP contribution in [0.3, 0.4) is 0 Å². The lowest BCUT2D eigenvalue weighted by molar-refractivity contribution is -0.148. The molecule has 0 aliphatic rings. The van der Waals surface area contributed by atoms with Gasteiger partial charge in [0.25, 0.3) is 11.5 Å². The Labute approximate surface area is 172 Å². The second-order valence-electron chi connectivity index (χ2n) is 5.88. The van der Waals surface area contributed by atoms with Crippen LogP contribution in [0.4, 0.5) is 13.2 Å². The van der Waals surface area contributed by atoms with Gasteiger partial charge in [-0.25, -0.2) is 23.2 Å². The van der Waals surface area contributed by atoms with Gasteiger partial charge in [0.05, 0.1) is 23.5 Å². The molecule has 2 N–H and O–H groups in total. The zero-order valence-electron chi connectivity index (χ0n) is 15.7. The summed E-state index contributed by atoms with van der Waals surface area (Å²) in [5.74, 6) is 0.0114. The molecule has 0 saturated heterocycles. The molecule has 0 atom stereocenters. The van der Waals surface area contributed by atoms with E-state index >= 15 is 0 Å². The number of carbonyl (C=O) groups is 1. The predicted molar refractivity (Wildman–Crippen MR) is 101 cm³/mol. The van der Waals surface area contributed by atoms with Gasteiger partial charge in [0.2, 0.25) is 6.61 Å². The highest BCUT2D eigenvalue weighted by atomic mass is 35.5. The second-order valence-corrected chi connectivity index (χ2v) is 6.29. The van der Waals surface area contributed by atoms with Gasteiger partial charge in [-0.15, -0.1) is 0 Å². The number of aromatic nitrogens is 2. The Hall–Kier alpha value is -3.28. The Bertz CT molecular complexity index is 1110. The van der Waals surface area contributed by atoms with E-state index in [9.17, 15) is 27.6 Å². The molecule has 0 unspecified atom stereocenters. The Morgan fingerprint density at radius 1 is 1.33 bits per heavy atom. The van der Waals surface area contributed by atoms with Crippen LogP contribution in [-0.2, 0) is 20.3 Å². The number of esters is 1. The van der Waals surface area contributed by atoms with Gasteiger partial charge in [0, 0.05) is 18.6 Å². The maximum atomic E-state index is 14.4. The first-order valence-corrected chi connectivity index (χ1v) is 8.68. The Kier molecular flexibility index (Phi) is 6.92. The summed E-state index contributed by atoms with van der Waals surface area (Å²) in [5, 5.41) is 3.30. The van der Waals surface area contributed by atoms with Crippen molar-refractivity contribution in [3.05, 3.63) is 61.1 Å². The standard InChI is InChI=1S/C17H16ClF3N4O5/c1-3-29-15(27)8-30-23-7-9-4-12(11(19)5-10(9)18)24-14(26)6-13(17(2,20)21)25(22)16(24)28/h4-7H,3,8,22H2,1-2H3/b23-7+. The maximum Gasteiger partial charge on any atom is 0.354 e. The lowest BCUT2D eigenvalue weighted by Crippen LogP contribution is -2.45. The van der Waals surface area contributed by atoms with Crippen molar-refractivity contribution in [1.29, 1.82) is 0 Å².